The standard InChI is InChI=1S/C21H24N4O4S/c1-5-13(15-10-7-11-30-15)22-16-17(21(29)25(4)20(16)28)23-14-9-6-8-12(18(14)26)19(27)24(2)3/h6-11,23,26,28-29H,5H2,1-4H3. The van der Waals surface area contributed by atoms with Crippen LogP contribution < -0.4 is 5.32 Å². The van der Waals surface area contributed by atoms with Crippen molar-refractivity contribution in [2.75, 3.05) is 19.4 Å². The first kappa shape index (κ1) is 21.3. The van der Waals surface area contributed by atoms with Crippen LogP contribution in [0.15, 0.2) is 40.7 Å². The van der Waals surface area contributed by atoms with E-state index in [1.807, 2.05) is 24.4 Å². The predicted octanol–water partition coefficient (Wildman–Crippen LogP) is 4.18. The Hall–Kier alpha value is -3.46. The molecule has 0 atom stereocenters. The third-order valence-corrected chi connectivity index (χ3v) is 5.55. The molecule has 0 aliphatic rings. The Morgan fingerprint density at radius 3 is 2.50 bits per heavy atom. The average Bonchev–Trinajstić information content (AvgIpc) is 3.32. The summed E-state index contributed by atoms with van der Waals surface area (Å²) >= 11 is 1.53. The van der Waals surface area contributed by atoms with E-state index in [-0.39, 0.29) is 46.0 Å². The molecule has 0 aliphatic heterocycles. The van der Waals surface area contributed by atoms with Gasteiger partial charge in [-0.2, -0.15) is 0 Å². The maximum absolute atomic E-state index is 12.3. The number of phenols is 1. The van der Waals surface area contributed by atoms with Crippen molar-refractivity contribution >= 4 is 40.0 Å². The van der Waals surface area contributed by atoms with Gasteiger partial charge in [0.2, 0.25) is 11.8 Å². The summed E-state index contributed by atoms with van der Waals surface area (Å²) in [5.74, 6) is -1.10. The number of aromatic nitrogens is 1. The van der Waals surface area contributed by atoms with Gasteiger partial charge in [0, 0.05) is 26.0 Å². The van der Waals surface area contributed by atoms with Gasteiger partial charge in [0.05, 0.1) is 17.0 Å². The maximum Gasteiger partial charge on any atom is 0.257 e. The van der Waals surface area contributed by atoms with Gasteiger partial charge < -0.3 is 25.5 Å². The van der Waals surface area contributed by atoms with Crippen molar-refractivity contribution in [3.05, 3.63) is 46.2 Å². The number of aliphatic imine (C=N–C) groups is 1. The number of amides is 1. The minimum absolute atomic E-state index is 0.113. The van der Waals surface area contributed by atoms with Crippen molar-refractivity contribution in [1.29, 1.82) is 0 Å². The Morgan fingerprint density at radius 1 is 1.17 bits per heavy atom. The summed E-state index contributed by atoms with van der Waals surface area (Å²) in [6, 6.07) is 8.54. The molecule has 0 fully saturated rings. The Kier molecular flexibility index (Phi) is 6.02. The molecule has 8 nitrogen and oxygen atoms in total. The summed E-state index contributed by atoms with van der Waals surface area (Å²) in [6.07, 6.45) is 0.618. The lowest BCUT2D eigenvalue weighted by Crippen LogP contribution is -2.21. The van der Waals surface area contributed by atoms with Gasteiger partial charge in [-0.3, -0.25) is 9.36 Å². The van der Waals surface area contributed by atoms with E-state index < -0.39 is 0 Å². The Bertz CT molecular complexity index is 1100. The van der Waals surface area contributed by atoms with E-state index in [0.29, 0.717) is 6.42 Å². The second-order valence-electron chi connectivity index (χ2n) is 6.85. The molecule has 0 saturated carbocycles. The third kappa shape index (κ3) is 3.84. The minimum atomic E-state index is -0.361. The highest BCUT2D eigenvalue weighted by Crippen LogP contribution is 2.47. The first-order chi connectivity index (χ1) is 14.3. The smallest absolute Gasteiger partial charge is 0.257 e. The zero-order valence-corrected chi connectivity index (χ0v) is 18.0. The van der Waals surface area contributed by atoms with E-state index in [9.17, 15) is 20.1 Å². The molecule has 2 heterocycles. The molecule has 9 heteroatoms. The van der Waals surface area contributed by atoms with Gasteiger partial charge >= 0.3 is 0 Å². The lowest BCUT2D eigenvalue weighted by atomic mass is 10.1. The molecule has 0 radical (unpaired) electrons. The monoisotopic (exact) mass is 428 g/mol. The molecule has 4 N–H and O–H groups in total. The SMILES string of the molecule is CCC(=Nc1c(Nc2cccc(C(=O)N(C)C)c2O)c(O)n(C)c1O)c1cccs1. The molecule has 0 unspecified atom stereocenters. The molecule has 1 amide bonds. The summed E-state index contributed by atoms with van der Waals surface area (Å²) in [6.45, 7) is 1.95. The topological polar surface area (TPSA) is 110 Å². The Labute approximate surface area is 178 Å². The number of anilines is 2. The fourth-order valence-corrected chi connectivity index (χ4v) is 3.73. The summed E-state index contributed by atoms with van der Waals surface area (Å²) in [7, 11) is 4.68. The van der Waals surface area contributed by atoms with Crippen molar-refractivity contribution in [3.8, 4) is 17.5 Å². The fraction of sp³-hybridized carbons (Fsp3) is 0.238. The maximum atomic E-state index is 12.3. The van der Waals surface area contributed by atoms with E-state index in [1.165, 1.54) is 33.9 Å². The third-order valence-electron chi connectivity index (χ3n) is 4.63. The molecule has 1 aromatic carbocycles. The number of nitrogens with one attached hydrogen (secondary N) is 1. The lowest BCUT2D eigenvalue weighted by Gasteiger charge is -2.15. The molecule has 0 bridgehead atoms. The highest BCUT2D eigenvalue weighted by atomic mass is 32.1. The quantitative estimate of drug-likeness (QED) is 0.348. The highest BCUT2D eigenvalue weighted by Gasteiger charge is 2.24. The van der Waals surface area contributed by atoms with Crippen LogP contribution in [0.2, 0.25) is 0 Å². The number of hydrogen-bond acceptors (Lipinski definition) is 7. The van der Waals surface area contributed by atoms with Gasteiger partial charge in [0.1, 0.15) is 5.69 Å². The molecule has 0 spiro atoms. The molecular formula is C21H24N4O4S. The summed E-state index contributed by atoms with van der Waals surface area (Å²) in [4.78, 5) is 19.2. The van der Waals surface area contributed by atoms with Crippen LogP contribution in [0.5, 0.6) is 17.5 Å². The number of hydrogen-bond donors (Lipinski definition) is 4. The van der Waals surface area contributed by atoms with Crippen LogP contribution in [0.3, 0.4) is 0 Å². The number of thiophene rings is 1. The van der Waals surface area contributed by atoms with Crippen LogP contribution in [-0.4, -0.2) is 50.5 Å². The van der Waals surface area contributed by atoms with Crippen molar-refractivity contribution < 1.29 is 20.1 Å². The molecule has 0 saturated heterocycles. The van der Waals surface area contributed by atoms with Gasteiger partial charge in [-0.05, 0) is 30.0 Å². The minimum Gasteiger partial charge on any atom is -0.505 e. The molecular weight excluding hydrogens is 404 g/mol. The molecule has 30 heavy (non-hydrogen) atoms. The molecule has 3 rings (SSSR count). The van der Waals surface area contributed by atoms with Crippen LogP contribution in [0.25, 0.3) is 0 Å². The van der Waals surface area contributed by atoms with Crippen LogP contribution in [0, 0.1) is 0 Å². The second-order valence-corrected chi connectivity index (χ2v) is 7.79. The van der Waals surface area contributed by atoms with E-state index in [0.717, 1.165) is 10.6 Å². The molecule has 3 aromatic rings. The average molecular weight is 429 g/mol. The van der Waals surface area contributed by atoms with Gasteiger partial charge in [0.25, 0.3) is 5.91 Å². The lowest BCUT2D eigenvalue weighted by molar-refractivity contribution is 0.0824. The van der Waals surface area contributed by atoms with E-state index in [2.05, 4.69) is 10.3 Å². The van der Waals surface area contributed by atoms with Gasteiger partial charge in [0.15, 0.2) is 11.4 Å². The fourth-order valence-electron chi connectivity index (χ4n) is 2.94. The van der Waals surface area contributed by atoms with Crippen LogP contribution in [-0.2, 0) is 7.05 Å². The number of phenolic OH excluding ortho intramolecular Hbond substituents is 1. The normalized spacial score (nSPS) is 11.5. The van der Waals surface area contributed by atoms with Gasteiger partial charge in [-0.1, -0.05) is 19.1 Å². The van der Waals surface area contributed by atoms with Crippen molar-refractivity contribution in [2.24, 2.45) is 12.0 Å². The van der Waals surface area contributed by atoms with Gasteiger partial charge in [-0.15, -0.1) is 11.3 Å². The number of benzene rings is 1. The van der Waals surface area contributed by atoms with Gasteiger partial charge in [-0.25, -0.2) is 4.99 Å². The number of nitrogens with zero attached hydrogens (tertiary/aromatic N) is 3. The van der Waals surface area contributed by atoms with Crippen molar-refractivity contribution in [1.82, 2.24) is 9.47 Å². The number of para-hydroxylation sites is 1. The number of carbonyl (C=O) groups is 1. The van der Waals surface area contributed by atoms with Crippen LogP contribution in [0.4, 0.5) is 17.1 Å². The number of rotatable bonds is 6. The summed E-state index contributed by atoms with van der Waals surface area (Å²) in [5.41, 5.74) is 1.33. The molecule has 158 valence electrons. The zero-order chi connectivity index (χ0) is 22.0. The highest BCUT2D eigenvalue weighted by molar-refractivity contribution is 7.12. The summed E-state index contributed by atoms with van der Waals surface area (Å²) < 4.78 is 1.19. The Balaban J connectivity index is 2.10. The largest absolute Gasteiger partial charge is 0.505 e. The van der Waals surface area contributed by atoms with E-state index in [4.69, 9.17) is 0 Å². The van der Waals surface area contributed by atoms with Crippen molar-refractivity contribution in [3.63, 3.8) is 0 Å². The first-order valence-corrected chi connectivity index (χ1v) is 10.2. The van der Waals surface area contributed by atoms with Crippen molar-refractivity contribution in [2.45, 2.75) is 13.3 Å². The predicted molar refractivity (Wildman–Crippen MR) is 119 cm³/mol. The van der Waals surface area contributed by atoms with Crippen LogP contribution in [0.1, 0.15) is 28.6 Å². The number of carbonyl (C=O) groups excluding carboxylic acids is 1. The van der Waals surface area contributed by atoms with Crippen LogP contribution >= 0.6 is 11.3 Å². The van der Waals surface area contributed by atoms with E-state index >= 15 is 0 Å². The van der Waals surface area contributed by atoms with E-state index in [1.54, 1.807) is 26.2 Å². The molecule has 0 aliphatic carbocycles. The summed E-state index contributed by atoms with van der Waals surface area (Å²) in [5, 5.41) is 36.6. The Morgan fingerprint density at radius 2 is 1.90 bits per heavy atom. The number of aromatic hydroxyl groups is 3. The second kappa shape index (κ2) is 8.50. The zero-order valence-electron chi connectivity index (χ0n) is 17.2. The first-order valence-electron chi connectivity index (χ1n) is 9.28. The molecule has 2 aromatic heterocycles.